The number of hydrogen-bond donors (Lipinski definition) is 0. The van der Waals surface area contributed by atoms with Gasteiger partial charge in [0, 0.05) is 12.0 Å². The van der Waals surface area contributed by atoms with Crippen molar-refractivity contribution in [3.05, 3.63) is 23.3 Å². The maximum atomic E-state index is 11.7. The number of cyclic esters (lactones) is 2. The van der Waals surface area contributed by atoms with Crippen LogP contribution < -0.4 is 9.47 Å². The minimum absolute atomic E-state index is 0.288. The Bertz CT molecular complexity index is 577. The molecule has 1 aliphatic heterocycles. The summed E-state index contributed by atoms with van der Waals surface area (Å²) >= 11 is 0. The van der Waals surface area contributed by atoms with Crippen molar-refractivity contribution < 1.29 is 28.5 Å². The minimum Gasteiger partial charge on any atom is -0.496 e. The van der Waals surface area contributed by atoms with Crippen LogP contribution in [0, 0.1) is 0 Å². The van der Waals surface area contributed by atoms with E-state index in [9.17, 15) is 9.59 Å². The van der Waals surface area contributed by atoms with Gasteiger partial charge in [-0.1, -0.05) is 13.8 Å². The second kappa shape index (κ2) is 6.25. The predicted octanol–water partition coefficient (Wildman–Crippen LogP) is 2.32. The van der Waals surface area contributed by atoms with E-state index in [-0.39, 0.29) is 12.8 Å². The van der Waals surface area contributed by atoms with E-state index in [1.807, 2.05) is 6.92 Å². The van der Waals surface area contributed by atoms with Crippen LogP contribution in [0.25, 0.3) is 0 Å². The highest BCUT2D eigenvalue weighted by molar-refractivity contribution is 5.93. The van der Waals surface area contributed by atoms with Gasteiger partial charge in [-0.2, -0.15) is 0 Å². The first-order valence-electron chi connectivity index (χ1n) is 7.19. The summed E-state index contributed by atoms with van der Waals surface area (Å²) in [6.07, 6.45) is 0.569. The van der Waals surface area contributed by atoms with Gasteiger partial charge in [0.15, 0.2) is 0 Å². The number of carbonyl (C=O) groups is 2. The molecule has 0 bridgehead atoms. The van der Waals surface area contributed by atoms with Crippen molar-refractivity contribution in [1.82, 2.24) is 0 Å². The fraction of sp³-hybridized carbons (Fsp3) is 0.500. The Hall–Kier alpha value is -2.24. The molecule has 22 heavy (non-hydrogen) atoms. The van der Waals surface area contributed by atoms with E-state index in [1.165, 1.54) is 7.11 Å². The molecule has 0 radical (unpaired) electrons. The number of methoxy groups -OCH3 is 2. The Labute approximate surface area is 129 Å². The standard InChI is InChI=1S/C16H20O6/c1-5-10-12(19-3)8-7-11(15(10)20-4)16(6-2)21-13(17)9-14(18)22-16/h7-8H,5-6,9H2,1-4H3. The lowest BCUT2D eigenvalue weighted by atomic mass is 9.96. The highest BCUT2D eigenvalue weighted by atomic mass is 16.7. The predicted molar refractivity (Wildman–Crippen MR) is 77.7 cm³/mol. The molecule has 0 amide bonds. The van der Waals surface area contributed by atoms with E-state index >= 15 is 0 Å². The Balaban J connectivity index is 2.63. The van der Waals surface area contributed by atoms with Crippen LogP contribution in [0.1, 0.15) is 37.8 Å². The van der Waals surface area contributed by atoms with Gasteiger partial charge in [0.1, 0.15) is 17.9 Å². The first-order chi connectivity index (χ1) is 10.5. The number of hydrogen-bond acceptors (Lipinski definition) is 6. The van der Waals surface area contributed by atoms with Crippen LogP contribution in [0.3, 0.4) is 0 Å². The summed E-state index contributed by atoms with van der Waals surface area (Å²) in [7, 11) is 3.09. The molecular weight excluding hydrogens is 288 g/mol. The molecule has 6 nitrogen and oxygen atoms in total. The molecule has 0 aromatic heterocycles. The Kier molecular flexibility index (Phi) is 4.59. The molecule has 0 atom stereocenters. The van der Waals surface area contributed by atoms with Crippen molar-refractivity contribution in [2.75, 3.05) is 14.2 Å². The van der Waals surface area contributed by atoms with Crippen LogP contribution in [0.5, 0.6) is 11.5 Å². The third-order valence-electron chi connectivity index (χ3n) is 3.72. The molecule has 0 N–H and O–H groups in total. The maximum Gasteiger partial charge on any atom is 0.320 e. The number of benzene rings is 1. The maximum absolute atomic E-state index is 11.7. The van der Waals surface area contributed by atoms with Crippen molar-refractivity contribution in [3.8, 4) is 11.5 Å². The molecule has 6 heteroatoms. The first-order valence-corrected chi connectivity index (χ1v) is 7.19. The highest BCUT2D eigenvalue weighted by Crippen LogP contribution is 2.44. The zero-order valence-electron chi connectivity index (χ0n) is 13.2. The molecule has 1 aromatic carbocycles. The van der Waals surface area contributed by atoms with E-state index in [1.54, 1.807) is 26.2 Å². The second-order valence-electron chi connectivity index (χ2n) is 4.91. The second-order valence-corrected chi connectivity index (χ2v) is 4.91. The molecule has 1 aromatic rings. The fourth-order valence-corrected chi connectivity index (χ4v) is 2.69. The van der Waals surface area contributed by atoms with Crippen molar-refractivity contribution in [2.45, 2.75) is 38.9 Å². The summed E-state index contributed by atoms with van der Waals surface area (Å²) in [5.41, 5.74) is 1.34. The van der Waals surface area contributed by atoms with Crippen LogP contribution >= 0.6 is 0 Å². The average Bonchev–Trinajstić information content (AvgIpc) is 2.51. The minimum atomic E-state index is -1.45. The summed E-state index contributed by atoms with van der Waals surface area (Å²) in [4.78, 5) is 23.4. The molecule has 0 spiro atoms. The van der Waals surface area contributed by atoms with E-state index in [0.29, 0.717) is 23.5 Å². The number of ether oxygens (including phenoxy) is 4. The third-order valence-corrected chi connectivity index (χ3v) is 3.72. The number of carbonyl (C=O) groups excluding carboxylic acids is 2. The molecule has 0 aliphatic carbocycles. The van der Waals surface area contributed by atoms with Gasteiger partial charge in [0.25, 0.3) is 5.79 Å². The summed E-state index contributed by atoms with van der Waals surface area (Å²) < 4.78 is 21.6. The van der Waals surface area contributed by atoms with Gasteiger partial charge in [-0.3, -0.25) is 9.59 Å². The lowest BCUT2D eigenvalue weighted by molar-refractivity contribution is -0.251. The van der Waals surface area contributed by atoms with Crippen molar-refractivity contribution >= 4 is 11.9 Å². The van der Waals surface area contributed by atoms with Crippen LogP contribution in [0.2, 0.25) is 0 Å². The third kappa shape index (κ3) is 2.61. The van der Waals surface area contributed by atoms with Gasteiger partial charge >= 0.3 is 11.9 Å². The van der Waals surface area contributed by atoms with Gasteiger partial charge in [-0.05, 0) is 18.6 Å². The molecule has 120 valence electrons. The molecule has 1 saturated heterocycles. The van der Waals surface area contributed by atoms with Gasteiger partial charge in [-0.25, -0.2) is 0 Å². The van der Waals surface area contributed by atoms with Crippen LogP contribution in [0.4, 0.5) is 0 Å². The van der Waals surface area contributed by atoms with Crippen LogP contribution in [-0.4, -0.2) is 26.2 Å². The lowest BCUT2D eigenvalue weighted by Crippen LogP contribution is -2.42. The fourth-order valence-electron chi connectivity index (χ4n) is 2.69. The van der Waals surface area contributed by atoms with E-state index in [2.05, 4.69) is 0 Å². The smallest absolute Gasteiger partial charge is 0.320 e. The lowest BCUT2D eigenvalue weighted by Gasteiger charge is -2.36. The first kappa shape index (κ1) is 16.1. The molecular formula is C16H20O6. The zero-order valence-corrected chi connectivity index (χ0v) is 13.2. The molecule has 1 heterocycles. The summed E-state index contributed by atoms with van der Waals surface area (Å²) in [5, 5.41) is 0. The van der Waals surface area contributed by atoms with Gasteiger partial charge in [-0.15, -0.1) is 0 Å². The summed E-state index contributed by atoms with van der Waals surface area (Å²) in [5.74, 6) is -1.48. The number of esters is 2. The zero-order chi connectivity index (χ0) is 16.3. The topological polar surface area (TPSA) is 71.1 Å². The van der Waals surface area contributed by atoms with Gasteiger partial charge < -0.3 is 18.9 Å². The van der Waals surface area contributed by atoms with E-state index in [0.717, 1.165) is 5.56 Å². The Morgan fingerprint density at radius 1 is 1.09 bits per heavy atom. The normalized spacial score (nSPS) is 16.7. The molecule has 0 unspecified atom stereocenters. The molecule has 1 fully saturated rings. The molecule has 1 aliphatic rings. The highest BCUT2D eigenvalue weighted by Gasteiger charge is 2.46. The van der Waals surface area contributed by atoms with Gasteiger partial charge in [0.05, 0.1) is 19.8 Å². The van der Waals surface area contributed by atoms with Crippen molar-refractivity contribution in [1.29, 1.82) is 0 Å². The van der Waals surface area contributed by atoms with E-state index in [4.69, 9.17) is 18.9 Å². The Morgan fingerprint density at radius 3 is 2.18 bits per heavy atom. The SMILES string of the molecule is CCc1c(OC)ccc(C2(CC)OC(=O)CC(=O)O2)c1OC. The van der Waals surface area contributed by atoms with Crippen molar-refractivity contribution in [2.24, 2.45) is 0 Å². The van der Waals surface area contributed by atoms with Crippen LogP contribution in [-0.2, 0) is 31.3 Å². The monoisotopic (exact) mass is 308 g/mol. The largest absolute Gasteiger partial charge is 0.496 e. The molecule has 2 rings (SSSR count). The summed E-state index contributed by atoms with van der Waals surface area (Å²) in [6, 6.07) is 3.45. The Morgan fingerprint density at radius 2 is 1.73 bits per heavy atom. The average molecular weight is 308 g/mol. The number of rotatable bonds is 5. The van der Waals surface area contributed by atoms with Crippen LogP contribution in [0.15, 0.2) is 12.1 Å². The quantitative estimate of drug-likeness (QED) is 0.614. The molecule has 0 saturated carbocycles. The van der Waals surface area contributed by atoms with Crippen molar-refractivity contribution in [3.63, 3.8) is 0 Å². The van der Waals surface area contributed by atoms with Gasteiger partial charge in [0.2, 0.25) is 0 Å². The summed E-state index contributed by atoms with van der Waals surface area (Å²) in [6.45, 7) is 3.74. The van der Waals surface area contributed by atoms with E-state index < -0.39 is 17.7 Å².